The Balaban J connectivity index is 1.44. The fourth-order valence-corrected chi connectivity index (χ4v) is 3.38. The average Bonchev–Trinajstić information content (AvgIpc) is 2.67. The number of anilines is 1. The Morgan fingerprint density at radius 2 is 1.75 bits per heavy atom. The lowest BCUT2D eigenvalue weighted by atomic mass is 10.0. The van der Waals surface area contributed by atoms with E-state index < -0.39 is 0 Å². The van der Waals surface area contributed by atoms with Crippen LogP contribution in [-0.4, -0.2) is 42.4 Å². The van der Waals surface area contributed by atoms with Crippen LogP contribution in [0.3, 0.4) is 0 Å². The molecule has 0 radical (unpaired) electrons. The van der Waals surface area contributed by atoms with Crippen molar-refractivity contribution in [3.8, 4) is 0 Å². The monoisotopic (exact) mass is 383 g/mol. The molecular weight excluding hydrogens is 357 g/mol. The van der Waals surface area contributed by atoms with E-state index in [4.69, 9.17) is 0 Å². The number of piperidine rings is 1. The Bertz CT molecular complexity index is 843. The number of hydrogen-bond acceptors (Lipinski definition) is 3. The number of carbonyl (C=O) groups is 2. The number of halogens is 1. The molecule has 0 unspecified atom stereocenters. The van der Waals surface area contributed by atoms with E-state index in [1.807, 2.05) is 32.0 Å². The maximum Gasteiger partial charge on any atom is 0.251 e. The van der Waals surface area contributed by atoms with Gasteiger partial charge in [0, 0.05) is 30.4 Å². The van der Waals surface area contributed by atoms with Crippen LogP contribution in [-0.2, 0) is 4.79 Å². The van der Waals surface area contributed by atoms with Crippen molar-refractivity contribution in [3.63, 3.8) is 0 Å². The van der Waals surface area contributed by atoms with Gasteiger partial charge in [-0.3, -0.25) is 14.5 Å². The molecule has 0 atom stereocenters. The first-order chi connectivity index (χ1) is 13.4. The van der Waals surface area contributed by atoms with Gasteiger partial charge in [0.25, 0.3) is 5.91 Å². The third-order valence-electron chi connectivity index (χ3n) is 5.28. The number of amides is 2. The Kier molecular flexibility index (Phi) is 6.41. The molecule has 3 rings (SSSR count). The Morgan fingerprint density at radius 3 is 2.43 bits per heavy atom. The van der Waals surface area contributed by atoms with Gasteiger partial charge < -0.3 is 10.6 Å². The molecule has 0 bridgehead atoms. The molecular formula is C22H26FN3O2. The standard InChI is InChI=1S/C22H26FN3O2/c1-15-4-3-5-20(16(15)2)25-21(27)14-26-12-10-19(11-13-26)24-22(28)17-6-8-18(23)9-7-17/h3-9,19H,10-14H2,1-2H3,(H,24,28)(H,25,27). The SMILES string of the molecule is Cc1cccc(NC(=O)CN2CCC(NC(=O)c3ccc(F)cc3)CC2)c1C. The summed E-state index contributed by atoms with van der Waals surface area (Å²) < 4.78 is 13.0. The summed E-state index contributed by atoms with van der Waals surface area (Å²) in [5.74, 6) is -0.572. The van der Waals surface area contributed by atoms with Crippen LogP contribution in [0.5, 0.6) is 0 Å². The number of likely N-dealkylation sites (tertiary alicyclic amines) is 1. The van der Waals surface area contributed by atoms with Gasteiger partial charge in [0.1, 0.15) is 5.82 Å². The molecule has 1 fully saturated rings. The third kappa shape index (κ3) is 5.16. The highest BCUT2D eigenvalue weighted by Gasteiger charge is 2.22. The topological polar surface area (TPSA) is 61.4 Å². The van der Waals surface area contributed by atoms with Gasteiger partial charge in [-0.1, -0.05) is 12.1 Å². The highest BCUT2D eigenvalue weighted by atomic mass is 19.1. The van der Waals surface area contributed by atoms with Crippen LogP contribution >= 0.6 is 0 Å². The Labute approximate surface area is 164 Å². The van der Waals surface area contributed by atoms with Crippen molar-refractivity contribution < 1.29 is 14.0 Å². The van der Waals surface area contributed by atoms with Crippen molar-refractivity contribution in [2.45, 2.75) is 32.7 Å². The van der Waals surface area contributed by atoms with Gasteiger partial charge in [-0.15, -0.1) is 0 Å². The van der Waals surface area contributed by atoms with Crippen LogP contribution in [0.2, 0.25) is 0 Å². The first-order valence-electron chi connectivity index (χ1n) is 9.57. The lowest BCUT2D eigenvalue weighted by Gasteiger charge is -2.31. The first kappa shape index (κ1) is 20.0. The number of benzene rings is 2. The number of nitrogens with one attached hydrogen (secondary N) is 2. The lowest BCUT2D eigenvalue weighted by molar-refractivity contribution is -0.117. The number of hydrogen-bond donors (Lipinski definition) is 2. The van der Waals surface area contributed by atoms with Gasteiger partial charge in [-0.05, 0) is 68.1 Å². The molecule has 1 saturated heterocycles. The number of carbonyl (C=O) groups excluding carboxylic acids is 2. The summed E-state index contributed by atoms with van der Waals surface area (Å²) in [5.41, 5.74) is 3.54. The fraction of sp³-hybridized carbons (Fsp3) is 0.364. The summed E-state index contributed by atoms with van der Waals surface area (Å²) in [6.07, 6.45) is 1.56. The molecule has 1 aliphatic heterocycles. The lowest BCUT2D eigenvalue weighted by Crippen LogP contribution is -2.46. The van der Waals surface area contributed by atoms with Gasteiger partial charge in [0.2, 0.25) is 5.91 Å². The van der Waals surface area contributed by atoms with E-state index in [1.54, 1.807) is 0 Å². The minimum atomic E-state index is -0.357. The van der Waals surface area contributed by atoms with E-state index in [9.17, 15) is 14.0 Å². The zero-order valence-electron chi connectivity index (χ0n) is 16.3. The van der Waals surface area contributed by atoms with Crippen LogP contribution in [0.15, 0.2) is 42.5 Å². The summed E-state index contributed by atoms with van der Waals surface area (Å²) in [4.78, 5) is 26.7. The third-order valence-corrected chi connectivity index (χ3v) is 5.28. The maximum atomic E-state index is 13.0. The number of nitrogens with zero attached hydrogens (tertiary/aromatic N) is 1. The highest BCUT2D eigenvalue weighted by Crippen LogP contribution is 2.18. The largest absolute Gasteiger partial charge is 0.349 e. The van der Waals surface area contributed by atoms with E-state index in [0.717, 1.165) is 42.7 Å². The minimum Gasteiger partial charge on any atom is -0.349 e. The summed E-state index contributed by atoms with van der Waals surface area (Å²) in [5, 5.41) is 5.98. The summed E-state index contributed by atoms with van der Waals surface area (Å²) in [6, 6.07) is 11.5. The van der Waals surface area contributed by atoms with Crippen molar-refractivity contribution >= 4 is 17.5 Å². The average molecular weight is 383 g/mol. The second-order valence-electron chi connectivity index (χ2n) is 7.33. The molecule has 2 amide bonds. The molecule has 5 nitrogen and oxygen atoms in total. The molecule has 2 aromatic carbocycles. The van der Waals surface area contributed by atoms with Gasteiger partial charge in [0.05, 0.1) is 6.54 Å². The maximum absolute atomic E-state index is 13.0. The predicted molar refractivity (Wildman–Crippen MR) is 108 cm³/mol. The van der Waals surface area contributed by atoms with Crippen LogP contribution in [0, 0.1) is 19.7 Å². The number of aryl methyl sites for hydroxylation is 1. The quantitative estimate of drug-likeness (QED) is 0.833. The van der Waals surface area contributed by atoms with E-state index >= 15 is 0 Å². The molecule has 2 aromatic rings. The van der Waals surface area contributed by atoms with Crippen LogP contribution in [0.1, 0.15) is 34.3 Å². The van der Waals surface area contributed by atoms with E-state index in [1.165, 1.54) is 24.3 Å². The van der Waals surface area contributed by atoms with Crippen molar-refractivity contribution in [3.05, 3.63) is 65.0 Å². The van der Waals surface area contributed by atoms with Gasteiger partial charge >= 0.3 is 0 Å². The second kappa shape index (κ2) is 8.97. The van der Waals surface area contributed by atoms with Crippen LogP contribution in [0.25, 0.3) is 0 Å². The molecule has 0 spiro atoms. The number of rotatable bonds is 5. The fourth-order valence-electron chi connectivity index (χ4n) is 3.38. The Hall–Kier alpha value is -2.73. The highest BCUT2D eigenvalue weighted by molar-refractivity contribution is 5.94. The molecule has 148 valence electrons. The van der Waals surface area contributed by atoms with E-state index in [-0.39, 0.29) is 23.7 Å². The zero-order valence-corrected chi connectivity index (χ0v) is 16.3. The van der Waals surface area contributed by atoms with Crippen molar-refractivity contribution in [1.82, 2.24) is 10.2 Å². The molecule has 6 heteroatoms. The van der Waals surface area contributed by atoms with Crippen LogP contribution in [0.4, 0.5) is 10.1 Å². The smallest absolute Gasteiger partial charge is 0.251 e. The van der Waals surface area contributed by atoms with Gasteiger partial charge in [-0.2, -0.15) is 0 Å². The summed E-state index contributed by atoms with van der Waals surface area (Å²) >= 11 is 0. The molecule has 0 saturated carbocycles. The van der Waals surface area contributed by atoms with E-state index in [0.29, 0.717) is 12.1 Å². The summed E-state index contributed by atoms with van der Waals surface area (Å²) in [6.45, 7) is 5.85. The van der Waals surface area contributed by atoms with Crippen molar-refractivity contribution in [2.75, 3.05) is 25.0 Å². The molecule has 28 heavy (non-hydrogen) atoms. The predicted octanol–water partition coefficient (Wildman–Crippen LogP) is 3.28. The molecule has 0 aromatic heterocycles. The van der Waals surface area contributed by atoms with Crippen molar-refractivity contribution in [1.29, 1.82) is 0 Å². The first-order valence-corrected chi connectivity index (χ1v) is 9.57. The molecule has 1 aliphatic rings. The molecule has 0 aliphatic carbocycles. The summed E-state index contributed by atoms with van der Waals surface area (Å²) in [7, 11) is 0. The Morgan fingerprint density at radius 1 is 1.07 bits per heavy atom. The molecule has 2 N–H and O–H groups in total. The normalized spacial score (nSPS) is 15.2. The molecule has 1 heterocycles. The van der Waals surface area contributed by atoms with Gasteiger partial charge in [0.15, 0.2) is 0 Å². The van der Waals surface area contributed by atoms with Crippen LogP contribution < -0.4 is 10.6 Å². The minimum absolute atomic E-state index is 0.0255. The zero-order chi connectivity index (χ0) is 20.1. The van der Waals surface area contributed by atoms with Crippen molar-refractivity contribution in [2.24, 2.45) is 0 Å². The second-order valence-corrected chi connectivity index (χ2v) is 7.33. The van der Waals surface area contributed by atoms with Gasteiger partial charge in [-0.25, -0.2) is 4.39 Å². The van der Waals surface area contributed by atoms with E-state index in [2.05, 4.69) is 15.5 Å².